The predicted molar refractivity (Wildman–Crippen MR) is 124 cm³/mol. The van der Waals surface area contributed by atoms with Gasteiger partial charge in [-0.25, -0.2) is 13.2 Å². The van der Waals surface area contributed by atoms with Crippen LogP contribution in [0, 0.1) is 11.8 Å². The van der Waals surface area contributed by atoms with Crippen LogP contribution in [0.2, 0.25) is 0 Å². The van der Waals surface area contributed by atoms with Gasteiger partial charge in [-0.3, -0.25) is 4.79 Å². The normalized spacial score (nSPS) is 11.9. The van der Waals surface area contributed by atoms with Crippen molar-refractivity contribution < 1.29 is 22.7 Å². The van der Waals surface area contributed by atoms with Gasteiger partial charge in [-0.15, -0.1) is 0 Å². The second kappa shape index (κ2) is 11.0. The summed E-state index contributed by atoms with van der Waals surface area (Å²) in [6.07, 6.45) is 0. The van der Waals surface area contributed by atoms with E-state index in [2.05, 4.69) is 15.9 Å². The Hall–Kier alpha value is -2.03. The highest BCUT2D eigenvalue weighted by atomic mass is 79.9. The molecule has 168 valence electrons. The zero-order valence-electron chi connectivity index (χ0n) is 18.2. The lowest BCUT2D eigenvalue weighted by Crippen LogP contribution is -2.37. The summed E-state index contributed by atoms with van der Waals surface area (Å²) in [5.74, 6) is -0.634. The van der Waals surface area contributed by atoms with E-state index < -0.39 is 22.6 Å². The van der Waals surface area contributed by atoms with E-state index in [9.17, 15) is 18.0 Å². The summed E-state index contributed by atoms with van der Waals surface area (Å²) in [4.78, 5) is 24.6. The Labute approximate surface area is 192 Å². The number of hydrogen-bond donors (Lipinski definition) is 0. The molecule has 31 heavy (non-hydrogen) atoms. The van der Waals surface area contributed by atoms with Gasteiger partial charge in [-0.1, -0.05) is 55.8 Å². The van der Waals surface area contributed by atoms with Gasteiger partial charge in [0, 0.05) is 23.1 Å². The number of sulfonamides is 1. The minimum Gasteiger partial charge on any atom is -0.454 e. The minimum absolute atomic E-state index is 0.122. The fourth-order valence-electron chi connectivity index (χ4n) is 2.93. The van der Waals surface area contributed by atoms with Gasteiger partial charge in [-0.05, 0) is 48.2 Å². The van der Waals surface area contributed by atoms with E-state index in [-0.39, 0.29) is 28.1 Å². The third kappa shape index (κ3) is 7.26. The molecular weight excluding hydrogens is 482 g/mol. The summed E-state index contributed by atoms with van der Waals surface area (Å²) in [5, 5.41) is 0. The van der Waals surface area contributed by atoms with Crippen LogP contribution in [0.5, 0.6) is 0 Å². The van der Waals surface area contributed by atoms with Crippen LogP contribution in [-0.2, 0) is 14.8 Å². The SMILES string of the molecule is CC(C)CN(CC(C)C)S(=O)(=O)c1ccc(C(=O)OCC(=O)c2ccc(Br)cc2)cc1. The van der Waals surface area contributed by atoms with Crippen LogP contribution in [0.25, 0.3) is 0 Å². The average molecular weight is 510 g/mol. The molecule has 0 atom stereocenters. The monoisotopic (exact) mass is 509 g/mol. The van der Waals surface area contributed by atoms with Crippen LogP contribution in [0.1, 0.15) is 48.4 Å². The Balaban J connectivity index is 2.07. The van der Waals surface area contributed by atoms with Crippen molar-refractivity contribution in [3.8, 4) is 0 Å². The van der Waals surface area contributed by atoms with E-state index in [1.54, 1.807) is 24.3 Å². The molecule has 0 fully saturated rings. The highest BCUT2D eigenvalue weighted by Gasteiger charge is 2.26. The van der Waals surface area contributed by atoms with Gasteiger partial charge in [-0.2, -0.15) is 4.31 Å². The Morgan fingerprint density at radius 1 is 0.871 bits per heavy atom. The Morgan fingerprint density at radius 3 is 1.84 bits per heavy atom. The van der Waals surface area contributed by atoms with Gasteiger partial charge in [0.05, 0.1) is 10.5 Å². The molecule has 0 saturated carbocycles. The zero-order valence-corrected chi connectivity index (χ0v) is 20.6. The molecule has 0 bridgehead atoms. The molecule has 2 aromatic carbocycles. The number of benzene rings is 2. The molecule has 8 heteroatoms. The second-order valence-corrected chi connectivity index (χ2v) is 11.0. The molecule has 0 radical (unpaired) electrons. The molecule has 0 aromatic heterocycles. The lowest BCUT2D eigenvalue weighted by Gasteiger charge is -2.25. The average Bonchev–Trinajstić information content (AvgIpc) is 2.71. The molecule has 0 unspecified atom stereocenters. The van der Waals surface area contributed by atoms with E-state index in [0.29, 0.717) is 18.7 Å². The number of Topliss-reactive ketones (excluding diaryl/α,β-unsaturated/α-hetero) is 1. The summed E-state index contributed by atoms with van der Waals surface area (Å²) in [7, 11) is -3.68. The summed E-state index contributed by atoms with van der Waals surface area (Å²) >= 11 is 3.30. The first-order chi connectivity index (χ1) is 14.5. The zero-order chi connectivity index (χ0) is 23.2. The number of halogens is 1. The van der Waals surface area contributed by atoms with Crippen molar-refractivity contribution in [3.63, 3.8) is 0 Å². The van der Waals surface area contributed by atoms with Crippen LogP contribution in [0.4, 0.5) is 0 Å². The molecule has 0 spiro atoms. The minimum atomic E-state index is -3.68. The molecule has 0 aliphatic rings. The van der Waals surface area contributed by atoms with Gasteiger partial charge in [0.15, 0.2) is 12.4 Å². The summed E-state index contributed by atoms with van der Waals surface area (Å²) in [6, 6.07) is 12.4. The fraction of sp³-hybridized carbons (Fsp3) is 0.391. The lowest BCUT2D eigenvalue weighted by molar-refractivity contribution is 0.0474. The maximum atomic E-state index is 13.0. The van der Waals surface area contributed by atoms with Gasteiger partial charge < -0.3 is 4.74 Å². The first kappa shape index (κ1) is 25.2. The van der Waals surface area contributed by atoms with Crippen molar-refractivity contribution in [1.82, 2.24) is 4.31 Å². The smallest absolute Gasteiger partial charge is 0.338 e. The van der Waals surface area contributed by atoms with Gasteiger partial charge in [0.2, 0.25) is 10.0 Å². The predicted octanol–water partition coefficient (Wildman–Crippen LogP) is 4.79. The largest absolute Gasteiger partial charge is 0.454 e. The highest BCUT2D eigenvalue weighted by Crippen LogP contribution is 2.20. The highest BCUT2D eigenvalue weighted by molar-refractivity contribution is 9.10. The number of carbonyl (C=O) groups is 2. The lowest BCUT2D eigenvalue weighted by atomic mass is 10.1. The maximum absolute atomic E-state index is 13.0. The Kier molecular flexibility index (Phi) is 8.97. The van der Waals surface area contributed by atoms with Crippen LogP contribution in [-0.4, -0.2) is 44.2 Å². The maximum Gasteiger partial charge on any atom is 0.338 e. The summed E-state index contributed by atoms with van der Waals surface area (Å²) < 4.78 is 33.5. The number of ketones is 1. The molecule has 6 nitrogen and oxygen atoms in total. The van der Waals surface area contributed by atoms with Crippen molar-refractivity contribution in [2.45, 2.75) is 32.6 Å². The number of hydrogen-bond acceptors (Lipinski definition) is 5. The number of rotatable bonds is 10. The number of nitrogens with zero attached hydrogens (tertiary/aromatic N) is 1. The van der Waals surface area contributed by atoms with E-state index >= 15 is 0 Å². The Morgan fingerprint density at radius 2 is 1.35 bits per heavy atom. The molecule has 0 aliphatic heterocycles. The van der Waals surface area contributed by atoms with Crippen LogP contribution in [0.3, 0.4) is 0 Å². The molecule has 0 amide bonds. The first-order valence-electron chi connectivity index (χ1n) is 10.1. The molecule has 2 aromatic rings. The van der Waals surface area contributed by atoms with Crippen molar-refractivity contribution in [2.24, 2.45) is 11.8 Å². The summed E-state index contributed by atoms with van der Waals surface area (Å²) in [6.45, 7) is 8.33. The third-order valence-corrected chi connectivity index (χ3v) is 6.74. The van der Waals surface area contributed by atoms with Crippen molar-refractivity contribution >= 4 is 37.7 Å². The number of ether oxygens (including phenoxy) is 1. The van der Waals surface area contributed by atoms with Crippen LogP contribution < -0.4 is 0 Å². The van der Waals surface area contributed by atoms with E-state index in [4.69, 9.17) is 4.74 Å². The first-order valence-corrected chi connectivity index (χ1v) is 12.3. The molecule has 0 heterocycles. The topological polar surface area (TPSA) is 80.8 Å². The number of carbonyl (C=O) groups excluding carboxylic acids is 2. The molecule has 0 saturated heterocycles. The van der Waals surface area contributed by atoms with Crippen LogP contribution in [0.15, 0.2) is 57.9 Å². The van der Waals surface area contributed by atoms with Gasteiger partial charge in [0.1, 0.15) is 0 Å². The molecule has 2 rings (SSSR count). The Bertz CT molecular complexity index is 989. The summed E-state index contributed by atoms with van der Waals surface area (Å²) in [5.41, 5.74) is 0.620. The van der Waals surface area contributed by atoms with E-state index in [1.807, 2.05) is 27.7 Å². The molecular formula is C23H28BrNO5S. The number of esters is 1. The standard InChI is InChI=1S/C23H28BrNO5S/c1-16(2)13-25(14-17(3)4)31(28,29)21-11-7-19(8-12-21)23(27)30-15-22(26)18-5-9-20(24)10-6-18/h5-12,16-17H,13-15H2,1-4H3. The quantitative estimate of drug-likeness (QED) is 0.339. The van der Waals surface area contributed by atoms with Crippen LogP contribution >= 0.6 is 15.9 Å². The van der Waals surface area contributed by atoms with Crippen molar-refractivity contribution in [3.05, 3.63) is 64.1 Å². The second-order valence-electron chi connectivity index (χ2n) is 8.14. The van der Waals surface area contributed by atoms with Crippen molar-refractivity contribution in [1.29, 1.82) is 0 Å². The third-order valence-electron chi connectivity index (χ3n) is 4.37. The molecule has 0 N–H and O–H groups in total. The molecule has 0 aliphatic carbocycles. The van der Waals surface area contributed by atoms with Crippen molar-refractivity contribution in [2.75, 3.05) is 19.7 Å². The fourth-order valence-corrected chi connectivity index (χ4v) is 4.96. The van der Waals surface area contributed by atoms with Gasteiger partial charge >= 0.3 is 5.97 Å². The van der Waals surface area contributed by atoms with E-state index in [1.165, 1.54) is 28.6 Å². The van der Waals surface area contributed by atoms with E-state index in [0.717, 1.165) is 4.47 Å². The van der Waals surface area contributed by atoms with Gasteiger partial charge in [0.25, 0.3) is 0 Å².